The van der Waals surface area contributed by atoms with E-state index in [4.69, 9.17) is 9.47 Å². The molecule has 0 spiro atoms. The Kier molecular flexibility index (Phi) is 4.99. The molecule has 2 aromatic heterocycles. The number of hydrogen-bond acceptors (Lipinski definition) is 7. The standard InChI is InChI=1S/C20H20FN3O3S/c1-11-16-18(22-12(2)23-19(16)28-17(11)20(25)26-3)24-8-9-27-15(10-24)13-4-6-14(21)7-5-13/h4-7,15H,8-10H2,1-3H3/t15-/m1/s1. The van der Waals surface area contributed by atoms with Crippen molar-refractivity contribution in [2.45, 2.75) is 20.0 Å². The number of carbonyl (C=O) groups is 1. The number of hydrogen-bond donors (Lipinski definition) is 0. The topological polar surface area (TPSA) is 64.5 Å². The Labute approximate surface area is 165 Å². The molecule has 1 saturated heterocycles. The molecule has 6 nitrogen and oxygen atoms in total. The molecular weight excluding hydrogens is 381 g/mol. The zero-order valence-corrected chi connectivity index (χ0v) is 16.7. The summed E-state index contributed by atoms with van der Waals surface area (Å²) < 4.78 is 24.1. The Hall–Kier alpha value is -2.58. The Morgan fingerprint density at radius 2 is 2.04 bits per heavy atom. The highest BCUT2D eigenvalue weighted by Gasteiger charge is 2.27. The maximum atomic E-state index is 13.3. The summed E-state index contributed by atoms with van der Waals surface area (Å²) >= 11 is 1.32. The van der Waals surface area contributed by atoms with E-state index in [-0.39, 0.29) is 17.9 Å². The number of nitrogens with zero attached hydrogens (tertiary/aromatic N) is 3. The van der Waals surface area contributed by atoms with Gasteiger partial charge in [-0.3, -0.25) is 0 Å². The molecule has 3 aromatic rings. The highest BCUT2D eigenvalue weighted by atomic mass is 32.1. The summed E-state index contributed by atoms with van der Waals surface area (Å²) in [5.41, 5.74) is 1.75. The number of fused-ring (bicyclic) bond motifs is 1. The molecule has 4 rings (SSSR count). The number of benzene rings is 1. The number of halogens is 1. The van der Waals surface area contributed by atoms with Crippen molar-refractivity contribution in [1.82, 2.24) is 9.97 Å². The lowest BCUT2D eigenvalue weighted by Crippen LogP contribution is -2.39. The first-order valence-corrected chi connectivity index (χ1v) is 9.77. The first-order chi connectivity index (χ1) is 13.5. The van der Waals surface area contributed by atoms with Crippen LogP contribution in [0.15, 0.2) is 24.3 Å². The lowest BCUT2D eigenvalue weighted by molar-refractivity contribution is 0.0395. The number of morpholine rings is 1. The molecule has 0 saturated carbocycles. The van der Waals surface area contributed by atoms with E-state index in [1.807, 2.05) is 13.8 Å². The summed E-state index contributed by atoms with van der Waals surface area (Å²) in [7, 11) is 1.37. The quantitative estimate of drug-likeness (QED) is 0.622. The van der Waals surface area contributed by atoms with Crippen LogP contribution in [-0.4, -0.2) is 42.7 Å². The fourth-order valence-corrected chi connectivity index (χ4v) is 4.60. The molecule has 28 heavy (non-hydrogen) atoms. The van der Waals surface area contributed by atoms with Gasteiger partial charge in [-0.05, 0) is 37.1 Å². The number of thiophene rings is 1. The minimum Gasteiger partial charge on any atom is -0.465 e. The summed E-state index contributed by atoms with van der Waals surface area (Å²) in [4.78, 5) is 24.8. The molecule has 3 heterocycles. The molecule has 0 bridgehead atoms. The van der Waals surface area contributed by atoms with Crippen LogP contribution in [0.5, 0.6) is 0 Å². The van der Waals surface area contributed by atoms with Crippen LogP contribution in [0, 0.1) is 19.7 Å². The maximum absolute atomic E-state index is 13.3. The van der Waals surface area contributed by atoms with Crippen LogP contribution in [0.1, 0.15) is 32.7 Å². The smallest absolute Gasteiger partial charge is 0.348 e. The second-order valence-electron chi connectivity index (χ2n) is 6.68. The molecule has 0 radical (unpaired) electrons. The van der Waals surface area contributed by atoms with Crippen LogP contribution in [0.4, 0.5) is 10.2 Å². The zero-order valence-electron chi connectivity index (χ0n) is 15.9. The van der Waals surface area contributed by atoms with Gasteiger partial charge >= 0.3 is 5.97 Å². The van der Waals surface area contributed by atoms with Crippen molar-refractivity contribution in [2.75, 3.05) is 31.7 Å². The van der Waals surface area contributed by atoms with Gasteiger partial charge in [0, 0.05) is 13.1 Å². The molecule has 146 valence electrons. The minimum absolute atomic E-state index is 0.182. The normalized spacial score (nSPS) is 17.1. The number of ether oxygens (including phenoxy) is 2. The number of aromatic nitrogens is 2. The van der Waals surface area contributed by atoms with Crippen molar-refractivity contribution in [3.63, 3.8) is 0 Å². The molecule has 1 aliphatic heterocycles. The summed E-state index contributed by atoms with van der Waals surface area (Å²) in [5, 5.41) is 0.871. The van der Waals surface area contributed by atoms with Gasteiger partial charge in [-0.25, -0.2) is 19.2 Å². The average Bonchev–Trinajstić information content (AvgIpc) is 3.03. The third kappa shape index (κ3) is 3.33. The monoisotopic (exact) mass is 401 g/mol. The third-order valence-corrected chi connectivity index (χ3v) is 6.03. The molecular formula is C20H20FN3O3S. The molecule has 0 N–H and O–H groups in total. The molecule has 1 aliphatic rings. The zero-order chi connectivity index (χ0) is 19.8. The van der Waals surface area contributed by atoms with Crippen molar-refractivity contribution in [2.24, 2.45) is 0 Å². The second-order valence-corrected chi connectivity index (χ2v) is 7.68. The van der Waals surface area contributed by atoms with E-state index in [1.165, 1.54) is 30.6 Å². The van der Waals surface area contributed by atoms with E-state index < -0.39 is 0 Å². The van der Waals surface area contributed by atoms with Gasteiger partial charge in [-0.15, -0.1) is 11.3 Å². The average molecular weight is 401 g/mol. The van der Waals surface area contributed by atoms with E-state index >= 15 is 0 Å². The number of anilines is 1. The maximum Gasteiger partial charge on any atom is 0.348 e. The second kappa shape index (κ2) is 7.44. The Bertz CT molecular complexity index is 1040. The van der Waals surface area contributed by atoms with Gasteiger partial charge in [0.15, 0.2) is 0 Å². The Morgan fingerprint density at radius 1 is 1.29 bits per heavy atom. The molecule has 1 atom stereocenters. The van der Waals surface area contributed by atoms with Gasteiger partial charge in [-0.2, -0.15) is 0 Å². The van der Waals surface area contributed by atoms with E-state index in [0.717, 1.165) is 27.2 Å². The van der Waals surface area contributed by atoms with Crippen LogP contribution in [-0.2, 0) is 9.47 Å². The fraction of sp³-hybridized carbons (Fsp3) is 0.350. The predicted octanol–water partition coefficient (Wildman–Crippen LogP) is 3.81. The van der Waals surface area contributed by atoms with Gasteiger partial charge in [0.05, 0.1) is 19.1 Å². The number of methoxy groups -OCH3 is 1. The molecule has 1 fully saturated rings. The van der Waals surface area contributed by atoms with Gasteiger partial charge in [0.2, 0.25) is 0 Å². The first-order valence-electron chi connectivity index (χ1n) is 8.96. The van der Waals surface area contributed by atoms with Crippen LogP contribution < -0.4 is 4.90 Å². The molecule has 8 heteroatoms. The van der Waals surface area contributed by atoms with Crippen molar-refractivity contribution in [3.8, 4) is 0 Å². The van der Waals surface area contributed by atoms with Gasteiger partial charge in [0.1, 0.15) is 33.3 Å². The van der Waals surface area contributed by atoms with Crippen molar-refractivity contribution in [1.29, 1.82) is 0 Å². The number of aryl methyl sites for hydroxylation is 2. The highest BCUT2D eigenvalue weighted by molar-refractivity contribution is 7.20. The van der Waals surface area contributed by atoms with E-state index in [0.29, 0.717) is 30.4 Å². The van der Waals surface area contributed by atoms with Crippen LogP contribution >= 0.6 is 11.3 Å². The summed E-state index contributed by atoms with van der Waals surface area (Å²) in [6.07, 6.45) is -0.182. The van der Waals surface area contributed by atoms with Crippen molar-refractivity contribution < 1.29 is 18.7 Å². The predicted molar refractivity (Wildman–Crippen MR) is 106 cm³/mol. The van der Waals surface area contributed by atoms with Gasteiger partial charge < -0.3 is 14.4 Å². The third-order valence-electron chi connectivity index (χ3n) is 4.86. The lowest BCUT2D eigenvalue weighted by Gasteiger charge is -2.34. The summed E-state index contributed by atoms with van der Waals surface area (Å²) in [6, 6.07) is 6.37. The van der Waals surface area contributed by atoms with Gasteiger partial charge in [-0.1, -0.05) is 12.1 Å². The number of carbonyl (C=O) groups excluding carboxylic acids is 1. The van der Waals surface area contributed by atoms with Crippen molar-refractivity contribution >= 4 is 33.3 Å². The SMILES string of the molecule is COC(=O)c1sc2nc(C)nc(N3CCO[C@@H](c4ccc(F)cc4)C3)c2c1C. The highest BCUT2D eigenvalue weighted by Crippen LogP contribution is 2.37. The lowest BCUT2D eigenvalue weighted by atomic mass is 10.1. The van der Waals surface area contributed by atoms with E-state index in [2.05, 4.69) is 14.9 Å². The Morgan fingerprint density at radius 3 is 2.75 bits per heavy atom. The fourth-order valence-electron chi connectivity index (χ4n) is 3.46. The largest absolute Gasteiger partial charge is 0.465 e. The van der Waals surface area contributed by atoms with Crippen molar-refractivity contribution in [3.05, 3.63) is 51.9 Å². The molecule has 0 unspecified atom stereocenters. The summed E-state index contributed by atoms with van der Waals surface area (Å²) in [6.45, 7) is 5.52. The molecule has 1 aromatic carbocycles. The Balaban J connectivity index is 1.74. The summed E-state index contributed by atoms with van der Waals surface area (Å²) in [5.74, 6) is 0.802. The van der Waals surface area contributed by atoms with E-state index in [1.54, 1.807) is 12.1 Å². The molecule has 0 aliphatic carbocycles. The van der Waals surface area contributed by atoms with Crippen LogP contribution in [0.3, 0.4) is 0 Å². The molecule has 0 amide bonds. The first kappa shape index (κ1) is 18.8. The minimum atomic E-state index is -0.365. The van der Waals surface area contributed by atoms with E-state index in [9.17, 15) is 9.18 Å². The van der Waals surface area contributed by atoms with Crippen LogP contribution in [0.25, 0.3) is 10.2 Å². The van der Waals surface area contributed by atoms with Gasteiger partial charge in [0.25, 0.3) is 0 Å². The number of esters is 1. The number of rotatable bonds is 3. The van der Waals surface area contributed by atoms with Crippen LogP contribution in [0.2, 0.25) is 0 Å².